The molecule has 31 heavy (non-hydrogen) atoms. The lowest BCUT2D eigenvalue weighted by Gasteiger charge is -2.13. The van der Waals surface area contributed by atoms with Crippen LogP contribution in [-0.4, -0.2) is 0 Å². The Balaban J connectivity index is 2.22. The van der Waals surface area contributed by atoms with Gasteiger partial charge in [0.15, 0.2) is 0 Å². The number of fused-ring (bicyclic) bond motifs is 3. The molecule has 0 heterocycles. The zero-order valence-electron chi connectivity index (χ0n) is 20.3. The quantitative estimate of drug-likeness (QED) is 0.324. The molecule has 2 aromatic carbocycles. The Morgan fingerprint density at radius 1 is 0.710 bits per heavy atom. The SMILES string of the molecule is CCC(C)=CC(=Cc1ccc2c(c1C=C(C=C(C)CC)CC)Cc1ccccc1-2)CC. The van der Waals surface area contributed by atoms with Gasteiger partial charge < -0.3 is 0 Å². The van der Waals surface area contributed by atoms with Crippen molar-refractivity contribution >= 4 is 12.2 Å². The Morgan fingerprint density at radius 2 is 1.32 bits per heavy atom. The first-order chi connectivity index (χ1) is 15.0. The second kappa shape index (κ2) is 10.6. The summed E-state index contributed by atoms with van der Waals surface area (Å²) in [6.45, 7) is 13.5. The van der Waals surface area contributed by atoms with E-state index in [2.05, 4.69) is 102 Å². The molecule has 1 aliphatic rings. The lowest BCUT2D eigenvalue weighted by molar-refractivity contribution is 1.07. The largest absolute Gasteiger partial charge is 0.0733 e. The molecule has 0 saturated carbocycles. The van der Waals surface area contributed by atoms with Gasteiger partial charge in [-0.1, -0.05) is 99.5 Å². The smallest absolute Gasteiger partial charge is 0.000728 e. The van der Waals surface area contributed by atoms with Gasteiger partial charge in [-0.25, -0.2) is 0 Å². The molecule has 1 aliphatic carbocycles. The van der Waals surface area contributed by atoms with E-state index in [0.29, 0.717) is 0 Å². The Hall–Kier alpha value is -2.60. The van der Waals surface area contributed by atoms with Crippen LogP contribution < -0.4 is 0 Å². The number of rotatable bonds is 8. The molecule has 0 unspecified atom stereocenters. The summed E-state index contributed by atoms with van der Waals surface area (Å²) in [5.74, 6) is 0. The van der Waals surface area contributed by atoms with Crippen LogP contribution in [0.15, 0.2) is 70.8 Å². The predicted octanol–water partition coefficient (Wildman–Crippen LogP) is 9.56. The second-order valence-electron chi connectivity index (χ2n) is 8.76. The summed E-state index contributed by atoms with van der Waals surface area (Å²) in [6.07, 6.45) is 15.0. The molecule has 162 valence electrons. The van der Waals surface area contributed by atoms with Crippen molar-refractivity contribution in [1.29, 1.82) is 0 Å². The maximum atomic E-state index is 2.46. The highest BCUT2D eigenvalue weighted by Crippen LogP contribution is 2.41. The first-order valence-corrected chi connectivity index (χ1v) is 12.0. The molecule has 2 aromatic rings. The van der Waals surface area contributed by atoms with Crippen LogP contribution in [0.4, 0.5) is 0 Å². The van der Waals surface area contributed by atoms with Crippen LogP contribution in [0.25, 0.3) is 23.3 Å². The summed E-state index contributed by atoms with van der Waals surface area (Å²) in [4.78, 5) is 0. The standard InChI is InChI=1S/C31H38/c1-7-22(5)17-24(9-3)19-27-15-16-29-28-14-12-11-13-26(28)21-31(29)30(27)20-25(10-4)18-23(6)8-2/h11-20H,7-10,21H2,1-6H3. The summed E-state index contributed by atoms with van der Waals surface area (Å²) >= 11 is 0. The minimum atomic E-state index is 1.03. The maximum Gasteiger partial charge on any atom is -0.000728 e. The summed E-state index contributed by atoms with van der Waals surface area (Å²) in [7, 11) is 0. The molecule has 0 radical (unpaired) electrons. The van der Waals surface area contributed by atoms with Crippen molar-refractivity contribution in [3.8, 4) is 11.1 Å². The van der Waals surface area contributed by atoms with Gasteiger partial charge in [-0.15, -0.1) is 0 Å². The highest BCUT2D eigenvalue weighted by molar-refractivity contribution is 5.85. The molecule has 0 N–H and O–H groups in total. The van der Waals surface area contributed by atoms with Gasteiger partial charge in [-0.05, 0) is 90.5 Å². The highest BCUT2D eigenvalue weighted by Gasteiger charge is 2.21. The van der Waals surface area contributed by atoms with Crippen LogP contribution in [0.1, 0.15) is 89.5 Å². The van der Waals surface area contributed by atoms with E-state index in [1.165, 1.54) is 55.7 Å². The Kier molecular flexibility index (Phi) is 7.91. The number of hydrogen-bond donors (Lipinski definition) is 0. The zero-order valence-corrected chi connectivity index (χ0v) is 20.3. The van der Waals surface area contributed by atoms with Crippen LogP contribution >= 0.6 is 0 Å². The average Bonchev–Trinajstić information content (AvgIpc) is 3.17. The molecule has 0 heteroatoms. The molecule has 0 fully saturated rings. The summed E-state index contributed by atoms with van der Waals surface area (Å²) in [6, 6.07) is 13.6. The second-order valence-corrected chi connectivity index (χ2v) is 8.76. The van der Waals surface area contributed by atoms with Crippen LogP contribution in [0.3, 0.4) is 0 Å². The fraction of sp³-hybridized carbons (Fsp3) is 0.355. The van der Waals surface area contributed by atoms with Gasteiger partial charge in [0.05, 0.1) is 0 Å². The lowest BCUT2D eigenvalue weighted by Crippen LogP contribution is -1.94. The van der Waals surface area contributed by atoms with Gasteiger partial charge in [0.2, 0.25) is 0 Å². The number of allylic oxidation sites excluding steroid dienone is 6. The first-order valence-electron chi connectivity index (χ1n) is 12.0. The maximum absolute atomic E-state index is 2.46. The van der Waals surface area contributed by atoms with E-state index in [4.69, 9.17) is 0 Å². The topological polar surface area (TPSA) is 0 Å². The molecule has 0 amide bonds. The van der Waals surface area contributed by atoms with Gasteiger partial charge in [-0.2, -0.15) is 0 Å². The van der Waals surface area contributed by atoms with E-state index in [1.807, 2.05) is 0 Å². The molecule has 0 nitrogen and oxygen atoms in total. The molecule has 0 aromatic heterocycles. The predicted molar refractivity (Wildman–Crippen MR) is 139 cm³/mol. The van der Waals surface area contributed by atoms with Crippen molar-refractivity contribution in [2.45, 2.75) is 73.6 Å². The van der Waals surface area contributed by atoms with Crippen LogP contribution in [0, 0.1) is 0 Å². The lowest BCUT2D eigenvalue weighted by atomic mass is 9.92. The van der Waals surface area contributed by atoms with Crippen LogP contribution in [-0.2, 0) is 6.42 Å². The van der Waals surface area contributed by atoms with E-state index < -0.39 is 0 Å². The van der Waals surface area contributed by atoms with E-state index in [1.54, 1.807) is 0 Å². The van der Waals surface area contributed by atoms with Gasteiger partial charge in [0.25, 0.3) is 0 Å². The highest BCUT2D eigenvalue weighted by atomic mass is 14.2. The molecule has 0 aliphatic heterocycles. The zero-order chi connectivity index (χ0) is 22.4. The molecule has 3 rings (SSSR count). The Labute approximate surface area is 190 Å². The van der Waals surface area contributed by atoms with Crippen LogP contribution in [0.2, 0.25) is 0 Å². The van der Waals surface area contributed by atoms with E-state index in [-0.39, 0.29) is 0 Å². The molecule has 0 spiro atoms. The summed E-state index contributed by atoms with van der Waals surface area (Å²) < 4.78 is 0. The van der Waals surface area contributed by atoms with Gasteiger partial charge in [-0.3, -0.25) is 0 Å². The molecule has 0 saturated heterocycles. The Morgan fingerprint density at radius 3 is 1.94 bits per heavy atom. The average molecular weight is 411 g/mol. The monoisotopic (exact) mass is 410 g/mol. The van der Waals surface area contributed by atoms with Crippen molar-refractivity contribution < 1.29 is 0 Å². The number of hydrogen-bond acceptors (Lipinski definition) is 0. The van der Waals surface area contributed by atoms with Crippen molar-refractivity contribution in [2.75, 3.05) is 0 Å². The van der Waals surface area contributed by atoms with Crippen molar-refractivity contribution in [2.24, 2.45) is 0 Å². The third-order valence-corrected chi connectivity index (χ3v) is 6.53. The third-order valence-electron chi connectivity index (χ3n) is 6.53. The first kappa shape index (κ1) is 23.1. The van der Waals surface area contributed by atoms with Gasteiger partial charge in [0, 0.05) is 0 Å². The van der Waals surface area contributed by atoms with E-state index in [0.717, 1.165) is 32.1 Å². The summed E-state index contributed by atoms with van der Waals surface area (Å²) in [5, 5.41) is 0. The van der Waals surface area contributed by atoms with Gasteiger partial charge >= 0.3 is 0 Å². The number of benzene rings is 2. The van der Waals surface area contributed by atoms with Crippen LogP contribution in [0.5, 0.6) is 0 Å². The fourth-order valence-corrected chi connectivity index (χ4v) is 4.26. The minimum Gasteiger partial charge on any atom is -0.0733 e. The fourth-order valence-electron chi connectivity index (χ4n) is 4.26. The van der Waals surface area contributed by atoms with E-state index in [9.17, 15) is 0 Å². The summed E-state index contributed by atoms with van der Waals surface area (Å²) in [5.41, 5.74) is 14.2. The normalized spacial score (nSPS) is 14.6. The molecular weight excluding hydrogens is 372 g/mol. The molecule has 0 atom stereocenters. The van der Waals surface area contributed by atoms with Crippen molar-refractivity contribution in [3.05, 3.63) is 93.1 Å². The Bertz CT molecular complexity index is 1050. The van der Waals surface area contributed by atoms with Crippen molar-refractivity contribution in [1.82, 2.24) is 0 Å². The third kappa shape index (κ3) is 5.37. The minimum absolute atomic E-state index is 1.03. The van der Waals surface area contributed by atoms with Crippen molar-refractivity contribution in [3.63, 3.8) is 0 Å². The van der Waals surface area contributed by atoms with Gasteiger partial charge in [0.1, 0.15) is 0 Å². The molecular formula is C31H38. The molecule has 0 bridgehead atoms. The van der Waals surface area contributed by atoms with E-state index >= 15 is 0 Å².